The summed E-state index contributed by atoms with van der Waals surface area (Å²) in [5, 5.41) is 8.52. The van der Waals surface area contributed by atoms with Crippen LogP contribution in [0.15, 0.2) is 0 Å². The summed E-state index contributed by atoms with van der Waals surface area (Å²) in [5.41, 5.74) is 0. The Balaban J connectivity index is 3.90. The highest BCUT2D eigenvalue weighted by Gasteiger charge is 2.18. The molecular weight excluding hydrogens is 222 g/mol. The second-order valence-electron chi connectivity index (χ2n) is 4.60. The summed E-state index contributed by atoms with van der Waals surface area (Å²) in [6, 6.07) is 0. The van der Waals surface area contributed by atoms with Crippen molar-refractivity contribution in [3.8, 4) is 0 Å². The molecule has 100 valence electrons. The molecule has 5 nitrogen and oxygen atoms in total. The van der Waals surface area contributed by atoms with Crippen LogP contribution in [0.25, 0.3) is 0 Å². The van der Waals surface area contributed by atoms with E-state index in [1.807, 2.05) is 0 Å². The fraction of sp³-hybridized carbons (Fsp3) is 0.833. The van der Waals surface area contributed by atoms with E-state index in [0.29, 0.717) is 12.5 Å². The molecule has 1 unspecified atom stereocenters. The zero-order valence-corrected chi connectivity index (χ0v) is 11.1. The SMILES string of the molecule is CC(C)CCOC(C)C(=O)N(C)CCC(=O)O. The number of carboxylic acid groups (broad SMARTS) is 1. The third-order valence-corrected chi connectivity index (χ3v) is 2.45. The van der Waals surface area contributed by atoms with E-state index in [0.717, 1.165) is 6.42 Å². The molecule has 1 amide bonds. The lowest BCUT2D eigenvalue weighted by atomic mass is 10.1. The van der Waals surface area contributed by atoms with Gasteiger partial charge >= 0.3 is 5.97 Å². The lowest BCUT2D eigenvalue weighted by Gasteiger charge is -2.21. The Morgan fingerprint density at radius 3 is 2.35 bits per heavy atom. The van der Waals surface area contributed by atoms with E-state index in [-0.39, 0.29) is 18.9 Å². The van der Waals surface area contributed by atoms with Crippen LogP contribution in [-0.4, -0.2) is 48.2 Å². The summed E-state index contributed by atoms with van der Waals surface area (Å²) in [4.78, 5) is 23.5. The van der Waals surface area contributed by atoms with Crippen LogP contribution in [0.2, 0.25) is 0 Å². The molecule has 0 aromatic rings. The van der Waals surface area contributed by atoms with Crippen LogP contribution < -0.4 is 0 Å². The Morgan fingerprint density at radius 1 is 1.29 bits per heavy atom. The predicted octanol–water partition coefficient (Wildman–Crippen LogP) is 1.37. The van der Waals surface area contributed by atoms with Crippen LogP contribution in [0.3, 0.4) is 0 Å². The van der Waals surface area contributed by atoms with Gasteiger partial charge in [0, 0.05) is 20.2 Å². The first-order chi connectivity index (χ1) is 7.84. The van der Waals surface area contributed by atoms with Crippen LogP contribution >= 0.6 is 0 Å². The monoisotopic (exact) mass is 245 g/mol. The van der Waals surface area contributed by atoms with E-state index in [9.17, 15) is 9.59 Å². The van der Waals surface area contributed by atoms with E-state index in [1.54, 1.807) is 14.0 Å². The average Bonchev–Trinajstić information content (AvgIpc) is 2.24. The zero-order valence-electron chi connectivity index (χ0n) is 11.1. The molecule has 0 saturated carbocycles. The number of aliphatic carboxylic acids is 1. The highest BCUT2D eigenvalue weighted by molar-refractivity contribution is 5.80. The molecule has 0 heterocycles. The van der Waals surface area contributed by atoms with Crippen molar-refractivity contribution >= 4 is 11.9 Å². The van der Waals surface area contributed by atoms with E-state index in [2.05, 4.69) is 13.8 Å². The van der Waals surface area contributed by atoms with Crippen LogP contribution in [0.5, 0.6) is 0 Å². The van der Waals surface area contributed by atoms with Gasteiger partial charge < -0.3 is 14.7 Å². The first-order valence-corrected chi connectivity index (χ1v) is 5.93. The maximum atomic E-state index is 11.7. The molecule has 17 heavy (non-hydrogen) atoms. The topological polar surface area (TPSA) is 66.8 Å². The molecular formula is C12H23NO4. The van der Waals surface area contributed by atoms with Gasteiger partial charge in [0.05, 0.1) is 6.42 Å². The van der Waals surface area contributed by atoms with Crippen LogP contribution in [0, 0.1) is 5.92 Å². The minimum Gasteiger partial charge on any atom is -0.481 e. The quantitative estimate of drug-likeness (QED) is 0.701. The van der Waals surface area contributed by atoms with Gasteiger partial charge in [0.1, 0.15) is 6.10 Å². The van der Waals surface area contributed by atoms with Crippen molar-refractivity contribution in [1.82, 2.24) is 4.90 Å². The molecule has 1 N–H and O–H groups in total. The smallest absolute Gasteiger partial charge is 0.305 e. The minimum absolute atomic E-state index is 0.0407. The third kappa shape index (κ3) is 7.74. The number of hydrogen-bond acceptors (Lipinski definition) is 3. The summed E-state index contributed by atoms with van der Waals surface area (Å²) in [7, 11) is 1.59. The van der Waals surface area contributed by atoms with E-state index < -0.39 is 12.1 Å². The lowest BCUT2D eigenvalue weighted by molar-refractivity contribution is -0.143. The molecule has 5 heteroatoms. The van der Waals surface area contributed by atoms with E-state index >= 15 is 0 Å². The van der Waals surface area contributed by atoms with Crippen molar-refractivity contribution in [2.24, 2.45) is 5.92 Å². The van der Waals surface area contributed by atoms with Gasteiger partial charge in [0.25, 0.3) is 5.91 Å². The summed E-state index contributed by atoms with van der Waals surface area (Å²) in [6.45, 7) is 6.65. The summed E-state index contributed by atoms with van der Waals surface area (Å²) >= 11 is 0. The molecule has 0 aromatic heterocycles. The molecule has 0 bridgehead atoms. The highest BCUT2D eigenvalue weighted by atomic mass is 16.5. The molecule has 0 aromatic carbocycles. The fourth-order valence-corrected chi connectivity index (χ4v) is 1.24. The number of carboxylic acids is 1. The maximum Gasteiger partial charge on any atom is 0.305 e. The molecule has 0 saturated heterocycles. The highest BCUT2D eigenvalue weighted by Crippen LogP contribution is 2.03. The Kier molecular flexibility index (Phi) is 7.54. The van der Waals surface area contributed by atoms with Gasteiger partial charge in [0.2, 0.25) is 0 Å². The van der Waals surface area contributed by atoms with Gasteiger partial charge in [-0.15, -0.1) is 0 Å². The van der Waals surface area contributed by atoms with Gasteiger partial charge in [-0.1, -0.05) is 13.8 Å². The van der Waals surface area contributed by atoms with Crippen LogP contribution in [0.1, 0.15) is 33.6 Å². The number of hydrogen-bond donors (Lipinski definition) is 1. The second kappa shape index (κ2) is 8.06. The third-order valence-electron chi connectivity index (χ3n) is 2.45. The second-order valence-corrected chi connectivity index (χ2v) is 4.60. The molecule has 0 aliphatic heterocycles. The summed E-state index contributed by atoms with van der Waals surface area (Å²) in [5.74, 6) is -0.532. The Bertz CT molecular complexity index is 253. The maximum absolute atomic E-state index is 11.7. The Morgan fingerprint density at radius 2 is 1.88 bits per heavy atom. The molecule has 0 radical (unpaired) electrons. The van der Waals surface area contributed by atoms with E-state index in [1.165, 1.54) is 4.90 Å². The largest absolute Gasteiger partial charge is 0.481 e. The molecule has 1 atom stereocenters. The number of carbonyl (C=O) groups is 2. The summed E-state index contributed by atoms with van der Waals surface area (Å²) < 4.78 is 5.40. The van der Waals surface area contributed by atoms with Gasteiger partial charge in [0.15, 0.2) is 0 Å². The molecule has 0 aliphatic carbocycles. The number of rotatable bonds is 8. The number of amides is 1. The van der Waals surface area contributed by atoms with Crippen LogP contribution in [-0.2, 0) is 14.3 Å². The zero-order chi connectivity index (χ0) is 13.4. The lowest BCUT2D eigenvalue weighted by Crippen LogP contribution is -2.37. The first kappa shape index (κ1) is 15.9. The number of ether oxygens (including phenoxy) is 1. The standard InChI is InChI=1S/C12H23NO4/c1-9(2)6-8-17-10(3)12(16)13(4)7-5-11(14)15/h9-10H,5-8H2,1-4H3,(H,14,15). The van der Waals surface area contributed by atoms with Crippen molar-refractivity contribution in [2.45, 2.75) is 39.7 Å². The van der Waals surface area contributed by atoms with Crippen molar-refractivity contribution in [3.63, 3.8) is 0 Å². The molecule has 0 rings (SSSR count). The normalized spacial score (nSPS) is 12.5. The van der Waals surface area contributed by atoms with Crippen LogP contribution in [0.4, 0.5) is 0 Å². The van der Waals surface area contributed by atoms with Gasteiger partial charge in [-0.05, 0) is 19.3 Å². The molecule has 0 fully saturated rings. The van der Waals surface area contributed by atoms with Crippen molar-refractivity contribution < 1.29 is 19.4 Å². The van der Waals surface area contributed by atoms with Crippen molar-refractivity contribution in [3.05, 3.63) is 0 Å². The predicted molar refractivity (Wildman–Crippen MR) is 64.8 cm³/mol. The van der Waals surface area contributed by atoms with Crippen molar-refractivity contribution in [1.29, 1.82) is 0 Å². The number of carbonyl (C=O) groups excluding carboxylic acids is 1. The summed E-state index contributed by atoms with van der Waals surface area (Å²) in [6.07, 6.45) is 0.366. The number of nitrogens with zero attached hydrogens (tertiary/aromatic N) is 1. The fourth-order valence-electron chi connectivity index (χ4n) is 1.24. The minimum atomic E-state index is -0.905. The van der Waals surface area contributed by atoms with E-state index in [4.69, 9.17) is 9.84 Å². The van der Waals surface area contributed by atoms with Gasteiger partial charge in [-0.3, -0.25) is 9.59 Å². The van der Waals surface area contributed by atoms with Gasteiger partial charge in [-0.25, -0.2) is 0 Å². The molecule has 0 spiro atoms. The number of likely N-dealkylation sites (N-methyl/N-ethyl adjacent to an activating group) is 1. The molecule has 0 aliphatic rings. The van der Waals surface area contributed by atoms with Gasteiger partial charge in [-0.2, -0.15) is 0 Å². The first-order valence-electron chi connectivity index (χ1n) is 5.93. The van der Waals surface area contributed by atoms with Crippen molar-refractivity contribution in [2.75, 3.05) is 20.2 Å². The average molecular weight is 245 g/mol. The Labute approximate surface area is 103 Å². The Hall–Kier alpha value is -1.10.